The molecule has 4 aromatic rings. The number of nitrogens with one attached hydrogen (secondary N) is 1. The molecule has 1 N–H and O–H groups in total. The Morgan fingerprint density at radius 1 is 1.12 bits per heavy atom. The molecule has 170 valence electrons. The number of benzene rings is 2. The minimum atomic E-state index is -4.49. The molecule has 1 amide bonds. The lowest BCUT2D eigenvalue weighted by Crippen LogP contribution is -2.15. The maximum absolute atomic E-state index is 12.8. The summed E-state index contributed by atoms with van der Waals surface area (Å²) in [6.45, 7) is 0. The normalized spacial score (nSPS) is 11.1. The molecular weight excluding hydrogens is 447 g/mol. The van der Waals surface area contributed by atoms with Gasteiger partial charge in [0.25, 0.3) is 0 Å². The second-order valence-corrected chi connectivity index (χ2v) is 7.36. The molecule has 0 atom stereocenters. The smallest absolute Gasteiger partial charge is 0.361 e. The Hall–Kier alpha value is -4.52. The van der Waals surface area contributed by atoms with Gasteiger partial charge in [-0.3, -0.25) is 4.79 Å². The highest BCUT2D eigenvalue weighted by Crippen LogP contribution is 2.30. The van der Waals surface area contributed by atoms with Crippen LogP contribution in [-0.4, -0.2) is 21.0 Å². The van der Waals surface area contributed by atoms with Gasteiger partial charge >= 0.3 is 6.18 Å². The first-order valence-corrected chi connectivity index (χ1v) is 10.0. The van der Waals surface area contributed by atoms with E-state index in [-0.39, 0.29) is 23.6 Å². The van der Waals surface area contributed by atoms with Crippen LogP contribution < -0.4 is 5.32 Å². The molecule has 0 aliphatic carbocycles. The topological polar surface area (TPSA) is 105 Å². The number of nitriles is 1. The number of nitrogens with zero attached hydrogens (tertiary/aromatic N) is 4. The number of carbonyl (C=O) groups excluding carboxylic acids is 1. The number of hydrogen-bond donors (Lipinski definition) is 1. The first-order valence-electron chi connectivity index (χ1n) is 10.0. The van der Waals surface area contributed by atoms with E-state index in [1.54, 1.807) is 12.3 Å². The van der Waals surface area contributed by atoms with Crippen molar-refractivity contribution in [1.82, 2.24) is 15.1 Å². The van der Waals surface area contributed by atoms with E-state index < -0.39 is 17.6 Å². The second kappa shape index (κ2) is 9.54. The molecule has 0 saturated carbocycles. The maximum atomic E-state index is 12.8. The average molecular weight is 463 g/mol. The van der Waals surface area contributed by atoms with E-state index in [0.717, 1.165) is 23.3 Å². The molecular formula is C24H16F3N5O2. The van der Waals surface area contributed by atoms with Crippen molar-refractivity contribution in [3.63, 3.8) is 0 Å². The molecule has 4 rings (SSSR count). The van der Waals surface area contributed by atoms with Crippen LogP contribution >= 0.6 is 0 Å². The molecule has 34 heavy (non-hydrogen) atoms. The summed E-state index contributed by atoms with van der Waals surface area (Å²) in [4.78, 5) is 20.1. The van der Waals surface area contributed by atoms with Crippen LogP contribution in [0.2, 0.25) is 0 Å². The Morgan fingerprint density at radius 2 is 1.91 bits per heavy atom. The molecule has 0 saturated heterocycles. The number of hydrogen-bond acceptors (Lipinski definition) is 6. The lowest BCUT2D eigenvalue weighted by Gasteiger charge is -2.09. The van der Waals surface area contributed by atoms with E-state index in [0.29, 0.717) is 17.7 Å². The Morgan fingerprint density at radius 3 is 2.65 bits per heavy atom. The van der Waals surface area contributed by atoms with Crippen molar-refractivity contribution < 1.29 is 22.5 Å². The SMILES string of the molecule is N#Cc1ncncc1-c1ccc(Cc2cc(CC(=O)Nc3cccc(C(F)(F)F)c3)on2)cc1. The van der Waals surface area contributed by atoms with Crippen molar-refractivity contribution in [2.24, 2.45) is 0 Å². The van der Waals surface area contributed by atoms with Gasteiger partial charge in [-0.15, -0.1) is 0 Å². The highest BCUT2D eigenvalue weighted by molar-refractivity contribution is 5.92. The third-order valence-corrected chi connectivity index (χ3v) is 4.88. The fourth-order valence-corrected chi connectivity index (χ4v) is 3.30. The minimum absolute atomic E-state index is 0.0445. The molecule has 0 radical (unpaired) electrons. The maximum Gasteiger partial charge on any atom is 0.416 e. The molecule has 2 aromatic heterocycles. The molecule has 7 nitrogen and oxygen atoms in total. The van der Waals surface area contributed by atoms with E-state index in [1.165, 1.54) is 18.5 Å². The Balaban J connectivity index is 1.37. The predicted molar refractivity (Wildman–Crippen MR) is 115 cm³/mol. The largest absolute Gasteiger partial charge is 0.416 e. The van der Waals surface area contributed by atoms with Gasteiger partial charge in [0.1, 0.15) is 18.2 Å². The Kier molecular flexibility index (Phi) is 6.36. The zero-order chi connectivity index (χ0) is 24.1. The molecule has 0 fully saturated rings. The van der Waals surface area contributed by atoms with E-state index in [1.807, 2.05) is 30.3 Å². The van der Waals surface area contributed by atoms with E-state index in [9.17, 15) is 23.2 Å². The number of aromatic nitrogens is 3. The number of halogens is 3. The first kappa shape index (κ1) is 22.7. The number of rotatable bonds is 6. The molecule has 0 aliphatic rings. The van der Waals surface area contributed by atoms with Crippen LogP contribution in [0.4, 0.5) is 18.9 Å². The van der Waals surface area contributed by atoms with Crippen LogP contribution in [-0.2, 0) is 23.8 Å². The van der Waals surface area contributed by atoms with Crippen LogP contribution in [0, 0.1) is 11.3 Å². The van der Waals surface area contributed by atoms with Crippen LogP contribution in [0.5, 0.6) is 0 Å². The molecule has 2 aromatic carbocycles. The zero-order valence-corrected chi connectivity index (χ0v) is 17.5. The Bertz CT molecular complexity index is 1360. The Labute approximate surface area is 191 Å². The fraction of sp³-hybridized carbons (Fsp3) is 0.125. The molecule has 2 heterocycles. The van der Waals surface area contributed by atoms with E-state index >= 15 is 0 Å². The molecule has 10 heteroatoms. The van der Waals surface area contributed by atoms with Crippen molar-refractivity contribution in [1.29, 1.82) is 5.26 Å². The summed E-state index contributed by atoms with van der Waals surface area (Å²) in [5.74, 6) is -0.235. The van der Waals surface area contributed by atoms with Crippen molar-refractivity contribution >= 4 is 11.6 Å². The van der Waals surface area contributed by atoms with Crippen LogP contribution in [0.25, 0.3) is 11.1 Å². The number of amides is 1. The summed E-state index contributed by atoms with van der Waals surface area (Å²) in [6.07, 6.45) is -1.33. The number of carbonyl (C=O) groups is 1. The molecule has 0 bridgehead atoms. The number of alkyl halides is 3. The summed E-state index contributed by atoms with van der Waals surface area (Å²) in [5.41, 5.74) is 2.43. The van der Waals surface area contributed by atoms with Crippen LogP contribution in [0.3, 0.4) is 0 Å². The predicted octanol–water partition coefficient (Wildman–Crippen LogP) is 4.79. The van der Waals surface area contributed by atoms with Crippen molar-refractivity contribution in [3.8, 4) is 17.2 Å². The van der Waals surface area contributed by atoms with Gasteiger partial charge in [0.05, 0.1) is 17.7 Å². The van der Waals surface area contributed by atoms with Gasteiger partial charge in [0.2, 0.25) is 5.91 Å². The van der Waals surface area contributed by atoms with Crippen LogP contribution in [0.1, 0.15) is 28.3 Å². The van der Waals surface area contributed by atoms with Gasteiger partial charge < -0.3 is 9.84 Å². The third kappa shape index (κ3) is 5.45. The standard InChI is InChI=1S/C24H16F3N5O2/c25-24(26,27)17-2-1-3-18(9-17)31-23(33)11-20-10-19(32-34-20)8-15-4-6-16(7-5-15)21-13-29-14-30-22(21)12-28/h1-7,9-10,13-14H,8,11H2,(H,31,33). The third-order valence-electron chi connectivity index (χ3n) is 4.88. The second-order valence-electron chi connectivity index (χ2n) is 7.36. The summed E-state index contributed by atoms with van der Waals surface area (Å²) in [5, 5.41) is 15.6. The van der Waals surface area contributed by atoms with E-state index in [2.05, 4.69) is 20.4 Å². The summed E-state index contributed by atoms with van der Waals surface area (Å²) >= 11 is 0. The van der Waals surface area contributed by atoms with Gasteiger partial charge in [-0.25, -0.2) is 9.97 Å². The minimum Gasteiger partial charge on any atom is -0.361 e. The van der Waals surface area contributed by atoms with Crippen molar-refractivity contribution in [2.45, 2.75) is 19.0 Å². The van der Waals surface area contributed by atoms with Crippen molar-refractivity contribution in [2.75, 3.05) is 5.32 Å². The molecule has 0 spiro atoms. The van der Waals surface area contributed by atoms with Crippen LogP contribution in [0.15, 0.2) is 71.6 Å². The lowest BCUT2D eigenvalue weighted by atomic mass is 10.0. The summed E-state index contributed by atoms with van der Waals surface area (Å²) in [6, 6.07) is 15.5. The fourth-order valence-electron chi connectivity index (χ4n) is 3.30. The summed E-state index contributed by atoms with van der Waals surface area (Å²) < 4.78 is 43.7. The van der Waals surface area contributed by atoms with Gasteiger partial charge in [0, 0.05) is 29.9 Å². The first-order chi connectivity index (χ1) is 16.3. The number of anilines is 1. The monoisotopic (exact) mass is 463 g/mol. The lowest BCUT2D eigenvalue weighted by molar-refractivity contribution is -0.137. The highest BCUT2D eigenvalue weighted by atomic mass is 19.4. The zero-order valence-electron chi connectivity index (χ0n) is 17.5. The van der Waals surface area contributed by atoms with E-state index in [4.69, 9.17) is 4.52 Å². The van der Waals surface area contributed by atoms with Gasteiger partial charge in [-0.05, 0) is 29.3 Å². The van der Waals surface area contributed by atoms with Gasteiger partial charge in [-0.2, -0.15) is 18.4 Å². The quantitative estimate of drug-likeness (QED) is 0.441. The highest BCUT2D eigenvalue weighted by Gasteiger charge is 2.30. The van der Waals surface area contributed by atoms with Gasteiger partial charge in [0.15, 0.2) is 5.69 Å². The average Bonchev–Trinajstić information content (AvgIpc) is 3.25. The van der Waals surface area contributed by atoms with Crippen molar-refractivity contribution in [3.05, 3.63) is 95.4 Å². The molecule has 0 aliphatic heterocycles. The summed E-state index contributed by atoms with van der Waals surface area (Å²) in [7, 11) is 0. The molecule has 0 unspecified atom stereocenters. The van der Waals surface area contributed by atoms with Gasteiger partial charge in [-0.1, -0.05) is 35.5 Å².